The molecule has 1 aromatic carbocycles. The first-order valence-corrected chi connectivity index (χ1v) is 7.62. The van der Waals surface area contributed by atoms with Crippen LogP contribution < -0.4 is 16.0 Å². The predicted molar refractivity (Wildman–Crippen MR) is 96.1 cm³/mol. The van der Waals surface area contributed by atoms with E-state index in [9.17, 15) is 4.79 Å². The van der Waals surface area contributed by atoms with Gasteiger partial charge in [0.15, 0.2) is 5.82 Å². The monoisotopic (exact) mass is 335 g/mol. The molecule has 126 valence electrons. The van der Waals surface area contributed by atoms with Crippen molar-refractivity contribution in [1.29, 1.82) is 0 Å². The number of nitrogens with zero attached hydrogens (tertiary/aromatic N) is 4. The minimum Gasteiger partial charge on any atom is -0.340 e. The number of hydrogen-bond donors (Lipinski definition) is 3. The molecule has 2 heterocycles. The minimum absolute atomic E-state index is 0.105. The van der Waals surface area contributed by atoms with Gasteiger partial charge in [0.05, 0.1) is 6.20 Å². The Labute approximate surface area is 144 Å². The van der Waals surface area contributed by atoms with Crippen LogP contribution in [0.25, 0.3) is 0 Å². The maximum Gasteiger partial charge on any atom is 0.230 e. The van der Waals surface area contributed by atoms with Crippen LogP contribution in [0, 0.1) is 6.92 Å². The van der Waals surface area contributed by atoms with E-state index in [0.29, 0.717) is 17.6 Å². The third kappa shape index (κ3) is 4.71. The molecule has 0 saturated heterocycles. The van der Waals surface area contributed by atoms with Crippen molar-refractivity contribution in [1.82, 2.24) is 19.9 Å². The molecule has 8 heteroatoms. The molecule has 3 aromatic rings. The molecule has 0 spiro atoms. The number of carbonyl (C=O) groups is 1. The van der Waals surface area contributed by atoms with Crippen molar-refractivity contribution < 1.29 is 4.79 Å². The Morgan fingerprint density at radius 3 is 2.40 bits per heavy atom. The average molecular weight is 335 g/mol. The second-order valence-electron chi connectivity index (χ2n) is 5.32. The summed E-state index contributed by atoms with van der Waals surface area (Å²) in [5.41, 5.74) is 2.39. The van der Waals surface area contributed by atoms with Crippen molar-refractivity contribution in [2.75, 3.05) is 16.0 Å². The van der Waals surface area contributed by atoms with Gasteiger partial charge in [0, 0.05) is 42.5 Å². The topological polar surface area (TPSA) is 105 Å². The summed E-state index contributed by atoms with van der Waals surface area (Å²) < 4.78 is 0. The van der Waals surface area contributed by atoms with Crippen LogP contribution in [0.1, 0.15) is 12.6 Å². The number of aryl methyl sites for hydroxylation is 1. The molecule has 2 aromatic heterocycles. The molecule has 0 radical (unpaired) electrons. The fourth-order valence-electron chi connectivity index (χ4n) is 2.15. The molecule has 0 atom stereocenters. The third-order valence-electron chi connectivity index (χ3n) is 3.13. The van der Waals surface area contributed by atoms with Gasteiger partial charge in [0.1, 0.15) is 5.82 Å². The molecular formula is C17H17N7O. The van der Waals surface area contributed by atoms with Crippen LogP contribution in [0.3, 0.4) is 0 Å². The maximum absolute atomic E-state index is 11.1. The zero-order chi connectivity index (χ0) is 17.6. The highest BCUT2D eigenvalue weighted by molar-refractivity contribution is 5.88. The molecule has 25 heavy (non-hydrogen) atoms. The van der Waals surface area contributed by atoms with Gasteiger partial charge in [-0.15, -0.1) is 0 Å². The average Bonchev–Trinajstić information content (AvgIpc) is 2.56. The molecule has 8 nitrogen and oxygen atoms in total. The lowest BCUT2D eigenvalue weighted by Crippen LogP contribution is -2.05. The van der Waals surface area contributed by atoms with Crippen LogP contribution in [-0.4, -0.2) is 25.8 Å². The van der Waals surface area contributed by atoms with Crippen molar-refractivity contribution >= 4 is 34.9 Å². The number of anilines is 5. The lowest BCUT2D eigenvalue weighted by Gasteiger charge is -2.10. The van der Waals surface area contributed by atoms with Gasteiger partial charge in [0.2, 0.25) is 11.9 Å². The number of benzene rings is 1. The molecule has 0 aliphatic rings. The number of hydrogen-bond acceptors (Lipinski definition) is 7. The van der Waals surface area contributed by atoms with E-state index in [1.54, 1.807) is 18.6 Å². The first-order chi connectivity index (χ1) is 12.1. The summed E-state index contributed by atoms with van der Waals surface area (Å²) in [7, 11) is 0. The van der Waals surface area contributed by atoms with Gasteiger partial charge in [0.25, 0.3) is 0 Å². The van der Waals surface area contributed by atoms with E-state index >= 15 is 0 Å². The molecule has 3 N–H and O–H groups in total. The van der Waals surface area contributed by atoms with Gasteiger partial charge in [-0.1, -0.05) is 0 Å². The first kappa shape index (κ1) is 16.3. The first-order valence-electron chi connectivity index (χ1n) is 7.62. The van der Waals surface area contributed by atoms with E-state index in [1.807, 2.05) is 37.3 Å². The van der Waals surface area contributed by atoms with Gasteiger partial charge in [-0.05, 0) is 31.2 Å². The summed E-state index contributed by atoms with van der Waals surface area (Å²) in [4.78, 5) is 28.0. The largest absolute Gasteiger partial charge is 0.340 e. The molecule has 0 fully saturated rings. The minimum atomic E-state index is -0.105. The summed E-state index contributed by atoms with van der Waals surface area (Å²) in [6.07, 6.45) is 4.79. The standard InChI is InChI=1S/C17H17N7O/c1-11-9-15(22-14-5-3-13(4-6-14)21-12(2)25)23-17(20-11)24-16-10-18-7-8-19-16/h3-10H,1-2H3,(H,21,25)(H2,19,20,22,23,24). The van der Waals surface area contributed by atoms with E-state index < -0.39 is 0 Å². The second-order valence-corrected chi connectivity index (χ2v) is 5.32. The van der Waals surface area contributed by atoms with E-state index in [0.717, 1.165) is 17.1 Å². The normalized spacial score (nSPS) is 10.2. The second kappa shape index (κ2) is 7.35. The van der Waals surface area contributed by atoms with Gasteiger partial charge >= 0.3 is 0 Å². The van der Waals surface area contributed by atoms with Crippen molar-refractivity contribution in [3.63, 3.8) is 0 Å². The molecule has 0 unspecified atom stereocenters. The highest BCUT2D eigenvalue weighted by Gasteiger charge is 2.05. The highest BCUT2D eigenvalue weighted by Crippen LogP contribution is 2.20. The van der Waals surface area contributed by atoms with Crippen molar-refractivity contribution in [3.05, 3.63) is 54.6 Å². The molecule has 0 bridgehead atoms. The van der Waals surface area contributed by atoms with Crippen molar-refractivity contribution in [2.45, 2.75) is 13.8 Å². The fraction of sp³-hybridized carbons (Fsp3) is 0.118. The Morgan fingerprint density at radius 2 is 1.72 bits per heavy atom. The maximum atomic E-state index is 11.1. The van der Waals surface area contributed by atoms with Crippen LogP contribution in [-0.2, 0) is 4.79 Å². The Kier molecular flexibility index (Phi) is 4.79. The summed E-state index contributed by atoms with van der Waals surface area (Å²) in [6, 6.07) is 9.19. The zero-order valence-corrected chi connectivity index (χ0v) is 13.8. The summed E-state index contributed by atoms with van der Waals surface area (Å²) in [5.74, 6) is 1.54. The number of amides is 1. The Bertz CT molecular complexity index is 866. The van der Waals surface area contributed by atoms with Gasteiger partial charge in [-0.25, -0.2) is 9.97 Å². The van der Waals surface area contributed by atoms with Crippen molar-refractivity contribution in [2.24, 2.45) is 0 Å². The van der Waals surface area contributed by atoms with E-state index in [-0.39, 0.29) is 5.91 Å². The quantitative estimate of drug-likeness (QED) is 0.658. The SMILES string of the molecule is CC(=O)Nc1ccc(Nc2cc(C)nc(Nc3cnccn3)n2)cc1. The number of nitrogens with one attached hydrogen (secondary N) is 3. The summed E-state index contributed by atoms with van der Waals surface area (Å²) in [6.45, 7) is 3.36. The predicted octanol–water partition coefficient (Wildman–Crippen LogP) is 3.02. The summed E-state index contributed by atoms with van der Waals surface area (Å²) >= 11 is 0. The molecule has 0 aliphatic heterocycles. The Balaban J connectivity index is 1.75. The van der Waals surface area contributed by atoms with Crippen LogP contribution in [0.2, 0.25) is 0 Å². The van der Waals surface area contributed by atoms with E-state index in [2.05, 4.69) is 35.9 Å². The fourth-order valence-corrected chi connectivity index (χ4v) is 2.15. The number of carbonyl (C=O) groups excluding carboxylic acids is 1. The van der Waals surface area contributed by atoms with Crippen LogP contribution in [0.15, 0.2) is 48.9 Å². The third-order valence-corrected chi connectivity index (χ3v) is 3.13. The van der Waals surface area contributed by atoms with Gasteiger partial charge < -0.3 is 16.0 Å². The lowest BCUT2D eigenvalue weighted by molar-refractivity contribution is -0.114. The van der Waals surface area contributed by atoms with Gasteiger partial charge in [-0.2, -0.15) is 4.98 Å². The lowest BCUT2D eigenvalue weighted by atomic mass is 10.2. The van der Waals surface area contributed by atoms with Crippen molar-refractivity contribution in [3.8, 4) is 0 Å². The van der Waals surface area contributed by atoms with Crippen LogP contribution in [0.5, 0.6) is 0 Å². The van der Waals surface area contributed by atoms with E-state index in [1.165, 1.54) is 6.92 Å². The molecule has 3 rings (SSSR count). The Morgan fingerprint density at radius 1 is 0.960 bits per heavy atom. The molecule has 0 saturated carbocycles. The zero-order valence-electron chi connectivity index (χ0n) is 13.8. The van der Waals surface area contributed by atoms with E-state index in [4.69, 9.17) is 0 Å². The number of rotatable bonds is 5. The number of aromatic nitrogens is 4. The summed E-state index contributed by atoms with van der Waals surface area (Å²) in [5, 5.41) is 8.96. The van der Waals surface area contributed by atoms with Gasteiger partial charge in [-0.3, -0.25) is 9.78 Å². The molecule has 1 amide bonds. The highest BCUT2D eigenvalue weighted by atomic mass is 16.1. The Hall–Kier alpha value is -3.55. The van der Waals surface area contributed by atoms with Crippen LogP contribution in [0.4, 0.5) is 29.0 Å². The smallest absolute Gasteiger partial charge is 0.230 e. The molecular weight excluding hydrogens is 318 g/mol. The molecule has 0 aliphatic carbocycles. The van der Waals surface area contributed by atoms with Crippen LogP contribution >= 0.6 is 0 Å².